The Kier molecular flexibility index (Phi) is 4.54. The molecule has 3 aromatic rings. The lowest BCUT2D eigenvalue weighted by Gasteiger charge is -2.31. The van der Waals surface area contributed by atoms with Crippen LogP contribution in [0.3, 0.4) is 0 Å². The van der Waals surface area contributed by atoms with Gasteiger partial charge in [0.05, 0.1) is 29.2 Å². The molecular weight excluding hydrogens is 328 g/mol. The zero-order valence-corrected chi connectivity index (χ0v) is 15.4. The van der Waals surface area contributed by atoms with E-state index in [4.69, 9.17) is 0 Å². The van der Waals surface area contributed by atoms with Crippen LogP contribution in [0.2, 0.25) is 0 Å². The number of hydrogen-bond donors (Lipinski definition) is 1. The molecule has 0 saturated carbocycles. The van der Waals surface area contributed by atoms with Gasteiger partial charge >= 0.3 is 0 Å². The van der Waals surface area contributed by atoms with Crippen LogP contribution in [0.15, 0.2) is 35.1 Å². The fraction of sp³-hybridized carbons (Fsp3) is 0.500. The van der Waals surface area contributed by atoms with Crippen LogP contribution in [0.25, 0.3) is 16.6 Å². The van der Waals surface area contributed by atoms with Crippen LogP contribution < -0.4 is 5.56 Å². The topological polar surface area (TPSA) is 62.8 Å². The number of aryl methyl sites for hydroxylation is 1. The smallest absolute Gasteiger partial charge is 0.261 e. The molecule has 1 atom stereocenters. The van der Waals surface area contributed by atoms with Gasteiger partial charge in [0.1, 0.15) is 5.65 Å². The van der Waals surface area contributed by atoms with Crippen LogP contribution in [-0.4, -0.2) is 49.9 Å². The molecule has 1 N–H and O–H groups in total. The number of nitrogens with zero attached hydrogens (tertiary/aromatic N) is 4. The number of piperidine rings is 1. The first-order chi connectivity index (χ1) is 12.5. The van der Waals surface area contributed by atoms with Gasteiger partial charge in [-0.1, -0.05) is 19.1 Å². The molecule has 0 amide bonds. The predicted octanol–water partition coefficient (Wildman–Crippen LogP) is 2.05. The minimum absolute atomic E-state index is 0.0701. The molecule has 1 aromatic carbocycles. The molecule has 4 rings (SSSR count). The average molecular weight is 354 g/mol. The van der Waals surface area contributed by atoms with Crippen molar-refractivity contribution in [3.8, 4) is 0 Å². The summed E-state index contributed by atoms with van der Waals surface area (Å²) < 4.78 is 3.47. The third kappa shape index (κ3) is 3.15. The first-order valence-corrected chi connectivity index (χ1v) is 9.41. The van der Waals surface area contributed by atoms with Gasteiger partial charge < -0.3 is 10.0 Å². The Hall–Kier alpha value is -2.18. The van der Waals surface area contributed by atoms with Gasteiger partial charge in [-0.15, -0.1) is 0 Å². The molecule has 1 aliphatic heterocycles. The van der Waals surface area contributed by atoms with Crippen molar-refractivity contribution in [1.82, 2.24) is 19.1 Å². The molecule has 3 heterocycles. The summed E-state index contributed by atoms with van der Waals surface area (Å²) in [5, 5.41) is 15.8. The summed E-state index contributed by atoms with van der Waals surface area (Å²) in [7, 11) is 0. The monoisotopic (exact) mass is 354 g/mol. The maximum atomic E-state index is 13.0. The Labute approximate surface area is 152 Å². The highest BCUT2D eigenvalue weighted by atomic mass is 16.3. The van der Waals surface area contributed by atoms with Crippen molar-refractivity contribution in [3.63, 3.8) is 0 Å². The molecule has 1 aliphatic rings. The van der Waals surface area contributed by atoms with Gasteiger partial charge in [0.25, 0.3) is 5.56 Å². The van der Waals surface area contributed by atoms with Gasteiger partial charge in [0.2, 0.25) is 0 Å². The molecule has 0 radical (unpaired) electrons. The SMILES string of the molecule is Cc1cc2n(CC(O)CN3CCC(C)CC3)c(=O)c3ccccc3n2n1. The van der Waals surface area contributed by atoms with Crippen molar-refractivity contribution in [3.05, 3.63) is 46.4 Å². The lowest BCUT2D eigenvalue weighted by Crippen LogP contribution is -2.41. The lowest BCUT2D eigenvalue weighted by molar-refractivity contribution is 0.0802. The van der Waals surface area contributed by atoms with Crippen LogP contribution >= 0.6 is 0 Å². The largest absolute Gasteiger partial charge is 0.390 e. The first kappa shape index (κ1) is 17.2. The van der Waals surface area contributed by atoms with Gasteiger partial charge in [-0.25, -0.2) is 4.52 Å². The summed E-state index contributed by atoms with van der Waals surface area (Å²) in [5.74, 6) is 0.765. The fourth-order valence-electron chi connectivity index (χ4n) is 3.93. The highest BCUT2D eigenvalue weighted by Gasteiger charge is 2.20. The van der Waals surface area contributed by atoms with E-state index in [1.807, 2.05) is 37.3 Å². The minimum Gasteiger partial charge on any atom is -0.390 e. The third-order valence-corrected chi connectivity index (χ3v) is 5.44. The van der Waals surface area contributed by atoms with E-state index in [1.54, 1.807) is 9.08 Å². The van der Waals surface area contributed by atoms with E-state index < -0.39 is 6.10 Å². The molecule has 6 nitrogen and oxygen atoms in total. The molecule has 2 aromatic heterocycles. The summed E-state index contributed by atoms with van der Waals surface area (Å²) in [6.07, 6.45) is 1.77. The molecular formula is C20H26N4O2. The predicted molar refractivity (Wildman–Crippen MR) is 103 cm³/mol. The fourth-order valence-corrected chi connectivity index (χ4v) is 3.93. The Balaban J connectivity index is 1.67. The van der Waals surface area contributed by atoms with Crippen LogP contribution in [0.1, 0.15) is 25.5 Å². The van der Waals surface area contributed by atoms with Crippen molar-refractivity contribution < 1.29 is 5.11 Å². The molecule has 0 bridgehead atoms. The number of benzene rings is 1. The molecule has 6 heteroatoms. The van der Waals surface area contributed by atoms with Crippen molar-refractivity contribution in [2.45, 2.75) is 39.3 Å². The van der Waals surface area contributed by atoms with Crippen molar-refractivity contribution in [2.75, 3.05) is 19.6 Å². The van der Waals surface area contributed by atoms with Crippen LogP contribution in [0.5, 0.6) is 0 Å². The lowest BCUT2D eigenvalue weighted by atomic mass is 9.99. The second-order valence-corrected chi connectivity index (χ2v) is 7.63. The number of aliphatic hydroxyl groups excluding tert-OH is 1. The molecule has 0 aliphatic carbocycles. The van der Waals surface area contributed by atoms with E-state index in [0.29, 0.717) is 11.9 Å². The summed E-state index contributed by atoms with van der Waals surface area (Å²) in [6, 6.07) is 9.41. The van der Waals surface area contributed by atoms with Crippen molar-refractivity contribution >= 4 is 16.6 Å². The second kappa shape index (κ2) is 6.85. The Morgan fingerprint density at radius 3 is 2.73 bits per heavy atom. The van der Waals surface area contributed by atoms with E-state index in [-0.39, 0.29) is 12.1 Å². The molecule has 1 fully saturated rings. The van der Waals surface area contributed by atoms with Gasteiger partial charge in [-0.2, -0.15) is 5.10 Å². The van der Waals surface area contributed by atoms with E-state index in [1.165, 1.54) is 12.8 Å². The van der Waals surface area contributed by atoms with E-state index in [2.05, 4.69) is 16.9 Å². The quantitative estimate of drug-likeness (QED) is 0.779. The molecule has 26 heavy (non-hydrogen) atoms. The molecule has 1 unspecified atom stereocenters. The number of hydrogen-bond acceptors (Lipinski definition) is 4. The number of likely N-dealkylation sites (tertiary alicyclic amines) is 1. The normalized spacial score (nSPS) is 18.0. The van der Waals surface area contributed by atoms with Crippen LogP contribution in [0.4, 0.5) is 0 Å². The number of rotatable bonds is 4. The van der Waals surface area contributed by atoms with Crippen LogP contribution in [-0.2, 0) is 6.54 Å². The number of aromatic nitrogens is 3. The number of fused-ring (bicyclic) bond motifs is 3. The summed E-state index contributed by atoms with van der Waals surface area (Å²) in [6.45, 7) is 7.12. The van der Waals surface area contributed by atoms with E-state index >= 15 is 0 Å². The van der Waals surface area contributed by atoms with Gasteiger partial charge in [0, 0.05) is 12.6 Å². The summed E-state index contributed by atoms with van der Waals surface area (Å²) in [4.78, 5) is 15.3. The molecule has 1 saturated heterocycles. The van der Waals surface area contributed by atoms with Gasteiger partial charge in [0.15, 0.2) is 0 Å². The van der Waals surface area contributed by atoms with Crippen LogP contribution in [0, 0.1) is 12.8 Å². The highest BCUT2D eigenvalue weighted by molar-refractivity contribution is 5.80. The average Bonchev–Trinajstić information content (AvgIpc) is 3.02. The molecule has 138 valence electrons. The van der Waals surface area contributed by atoms with Gasteiger partial charge in [-0.3, -0.25) is 9.36 Å². The Morgan fingerprint density at radius 1 is 1.23 bits per heavy atom. The number of β-amino-alcohol motifs (C(OH)–C–C–N with tert-alkyl or cyclic N) is 1. The minimum atomic E-state index is -0.582. The molecule has 0 spiro atoms. The summed E-state index contributed by atoms with van der Waals surface area (Å²) in [5.41, 5.74) is 2.32. The zero-order valence-electron chi connectivity index (χ0n) is 15.4. The third-order valence-electron chi connectivity index (χ3n) is 5.44. The first-order valence-electron chi connectivity index (χ1n) is 9.41. The maximum absolute atomic E-state index is 13.0. The highest BCUT2D eigenvalue weighted by Crippen LogP contribution is 2.17. The Morgan fingerprint density at radius 2 is 1.96 bits per heavy atom. The Bertz CT molecular complexity index is 983. The zero-order chi connectivity index (χ0) is 18.3. The number of aliphatic hydroxyl groups is 1. The van der Waals surface area contributed by atoms with E-state index in [0.717, 1.165) is 35.9 Å². The second-order valence-electron chi connectivity index (χ2n) is 7.63. The number of para-hydroxylation sites is 1. The summed E-state index contributed by atoms with van der Waals surface area (Å²) >= 11 is 0. The van der Waals surface area contributed by atoms with E-state index in [9.17, 15) is 9.90 Å². The maximum Gasteiger partial charge on any atom is 0.261 e. The van der Waals surface area contributed by atoms with Crippen molar-refractivity contribution in [1.29, 1.82) is 0 Å². The standard InChI is InChI=1S/C20H26N4O2/c1-14-7-9-22(10-8-14)12-16(25)13-23-19-11-15(2)21-24(19)18-6-4-3-5-17(18)20(23)26/h3-6,11,14,16,25H,7-10,12-13H2,1-2H3. The van der Waals surface area contributed by atoms with Gasteiger partial charge in [-0.05, 0) is 50.9 Å². The van der Waals surface area contributed by atoms with Crippen molar-refractivity contribution in [2.24, 2.45) is 5.92 Å².